The van der Waals surface area contributed by atoms with E-state index >= 15 is 0 Å². The lowest BCUT2D eigenvalue weighted by Gasteiger charge is -2.19. The number of para-hydroxylation sites is 3. The first-order chi connectivity index (χ1) is 11.6. The zero-order valence-corrected chi connectivity index (χ0v) is 15.3. The number of hydrogen-bond donors (Lipinski definition) is 1. The number of methoxy groups -OCH3 is 1. The summed E-state index contributed by atoms with van der Waals surface area (Å²) in [6.07, 6.45) is 0.202. The molecule has 0 bridgehead atoms. The van der Waals surface area contributed by atoms with E-state index in [0.717, 1.165) is 9.26 Å². The molecule has 1 fully saturated rings. The van der Waals surface area contributed by atoms with E-state index in [1.807, 2.05) is 48.5 Å². The van der Waals surface area contributed by atoms with Crippen LogP contribution in [0.1, 0.15) is 6.42 Å². The van der Waals surface area contributed by atoms with Gasteiger partial charge in [-0.1, -0.05) is 24.3 Å². The number of rotatable bonds is 4. The Hall–Kier alpha value is -2.09. The number of halogens is 1. The van der Waals surface area contributed by atoms with Crippen LogP contribution in [0, 0.1) is 9.49 Å². The largest absolute Gasteiger partial charge is 0.495 e. The smallest absolute Gasteiger partial charge is 0.229 e. The Balaban J connectivity index is 1.75. The number of benzene rings is 2. The lowest BCUT2D eigenvalue weighted by molar-refractivity contribution is -0.122. The lowest BCUT2D eigenvalue weighted by Crippen LogP contribution is -2.28. The van der Waals surface area contributed by atoms with Gasteiger partial charge in [-0.25, -0.2) is 0 Å². The predicted octanol–water partition coefficient (Wildman–Crippen LogP) is 3.29. The Morgan fingerprint density at radius 3 is 2.67 bits per heavy atom. The van der Waals surface area contributed by atoms with Gasteiger partial charge in [0.2, 0.25) is 11.8 Å². The third kappa shape index (κ3) is 3.38. The molecule has 2 amide bonds. The van der Waals surface area contributed by atoms with Gasteiger partial charge in [0, 0.05) is 16.5 Å². The maximum atomic E-state index is 12.5. The number of nitrogens with zero attached hydrogens (tertiary/aromatic N) is 1. The van der Waals surface area contributed by atoms with Gasteiger partial charge in [-0.3, -0.25) is 9.59 Å². The number of carbonyl (C=O) groups is 2. The van der Waals surface area contributed by atoms with Gasteiger partial charge in [-0.2, -0.15) is 0 Å². The molecule has 3 rings (SSSR count). The molecule has 6 heteroatoms. The maximum absolute atomic E-state index is 12.5. The standard InChI is InChI=1S/C18H17IN2O3/c1-24-16-9-5-4-8-15(16)21-11-12(10-17(21)22)18(23)20-14-7-3-2-6-13(14)19/h2-9,12H,10-11H2,1H3,(H,20,23). The van der Waals surface area contributed by atoms with Crippen molar-refractivity contribution in [2.24, 2.45) is 5.92 Å². The summed E-state index contributed by atoms with van der Waals surface area (Å²) in [5.41, 5.74) is 1.47. The maximum Gasteiger partial charge on any atom is 0.229 e. The van der Waals surface area contributed by atoms with Crippen molar-refractivity contribution in [2.45, 2.75) is 6.42 Å². The number of anilines is 2. The van der Waals surface area contributed by atoms with E-state index in [9.17, 15) is 9.59 Å². The van der Waals surface area contributed by atoms with Crippen LogP contribution >= 0.6 is 22.6 Å². The van der Waals surface area contributed by atoms with Crippen molar-refractivity contribution in [1.29, 1.82) is 0 Å². The van der Waals surface area contributed by atoms with Crippen molar-refractivity contribution in [3.63, 3.8) is 0 Å². The summed E-state index contributed by atoms with van der Waals surface area (Å²) in [5, 5.41) is 2.92. The third-order valence-corrected chi connectivity index (χ3v) is 4.94. The first-order valence-corrected chi connectivity index (χ1v) is 8.67. The molecule has 2 aromatic rings. The number of carbonyl (C=O) groups excluding carboxylic acids is 2. The molecule has 1 atom stereocenters. The van der Waals surface area contributed by atoms with Crippen molar-refractivity contribution in [3.05, 3.63) is 52.1 Å². The molecule has 2 aromatic carbocycles. The van der Waals surface area contributed by atoms with E-state index in [0.29, 0.717) is 18.0 Å². The second-order valence-corrected chi connectivity index (χ2v) is 6.71. The van der Waals surface area contributed by atoms with Gasteiger partial charge in [0.25, 0.3) is 0 Å². The van der Waals surface area contributed by atoms with Crippen molar-refractivity contribution >= 4 is 45.8 Å². The molecular formula is C18H17IN2O3. The molecule has 0 aromatic heterocycles. The highest BCUT2D eigenvalue weighted by Gasteiger charge is 2.36. The average Bonchev–Trinajstić information content (AvgIpc) is 2.98. The van der Waals surface area contributed by atoms with Crippen LogP contribution in [0.2, 0.25) is 0 Å². The third-order valence-electron chi connectivity index (χ3n) is 4.00. The molecular weight excluding hydrogens is 419 g/mol. The van der Waals surface area contributed by atoms with Crippen molar-refractivity contribution in [3.8, 4) is 5.75 Å². The van der Waals surface area contributed by atoms with Gasteiger partial charge in [-0.05, 0) is 46.9 Å². The van der Waals surface area contributed by atoms with Crippen LogP contribution < -0.4 is 15.0 Å². The Bertz CT molecular complexity index is 778. The molecule has 1 aliphatic rings. The Kier molecular flexibility index (Phi) is 5.03. The fraction of sp³-hybridized carbons (Fsp3) is 0.222. The van der Waals surface area contributed by atoms with Crippen molar-refractivity contribution in [2.75, 3.05) is 23.9 Å². The average molecular weight is 436 g/mol. The Morgan fingerprint density at radius 1 is 1.21 bits per heavy atom. The molecule has 0 spiro atoms. The molecule has 1 N–H and O–H groups in total. The molecule has 1 unspecified atom stereocenters. The second kappa shape index (κ2) is 7.21. The number of nitrogens with one attached hydrogen (secondary N) is 1. The molecule has 0 saturated carbocycles. The monoisotopic (exact) mass is 436 g/mol. The number of ether oxygens (including phenoxy) is 1. The first-order valence-electron chi connectivity index (χ1n) is 7.59. The predicted molar refractivity (Wildman–Crippen MR) is 101 cm³/mol. The van der Waals surface area contributed by atoms with Crippen LogP contribution in [-0.2, 0) is 9.59 Å². The summed E-state index contributed by atoms with van der Waals surface area (Å²) in [5.74, 6) is 0.0511. The fourth-order valence-corrected chi connectivity index (χ4v) is 3.29. The van der Waals surface area contributed by atoms with Gasteiger partial charge < -0.3 is 15.0 Å². The van der Waals surface area contributed by atoms with E-state index < -0.39 is 0 Å². The summed E-state index contributed by atoms with van der Waals surface area (Å²) < 4.78 is 6.28. The zero-order valence-electron chi connectivity index (χ0n) is 13.2. The fourth-order valence-electron chi connectivity index (χ4n) is 2.77. The Morgan fingerprint density at radius 2 is 1.92 bits per heavy atom. The summed E-state index contributed by atoms with van der Waals surface area (Å²) in [6, 6.07) is 14.9. The van der Waals surface area contributed by atoms with E-state index in [2.05, 4.69) is 27.9 Å². The van der Waals surface area contributed by atoms with Crippen LogP contribution in [0.3, 0.4) is 0 Å². The molecule has 0 radical (unpaired) electrons. The van der Waals surface area contributed by atoms with E-state index in [1.165, 1.54) is 0 Å². The summed E-state index contributed by atoms with van der Waals surface area (Å²) in [4.78, 5) is 26.5. The second-order valence-electron chi connectivity index (χ2n) is 5.55. The highest BCUT2D eigenvalue weighted by atomic mass is 127. The Labute approximate surface area is 154 Å². The highest BCUT2D eigenvalue weighted by Crippen LogP contribution is 2.33. The number of hydrogen-bond acceptors (Lipinski definition) is 3. The number of amides is 2. The van der Waals surface area contributed by atoms with E-state index in [-0.39, 0.29) is 24.2 Å². The molecule has 5 nitrogen and oxygen atoms in total. The van der Waals surface area contributed by atoms with Crippen molar-refractivity contribution < 1.29 is 14.3 Å². The normalized spacial score (nSPS) is 17.0. The first kappa shape index (κ1) is 16.8. The van der Waals surface area contributed by atoms with Gasteiger partial charge in [0.05, 0.1) is 24.4 Å². The molecule has 0 aliphatic carbocycles. The van der Waals surface area contributed by atoms with Crippen LogP contribution in [0.25, 0.3) is 0 Å². The quantitative estimate of drug-likeness (QED) is 0.749. The van der Waals surface area contributed by atoms with Gasteiger partial charge in [0.1, 0.15) is 5.75 Å². The highest BCUT2D eigenvalue weighted by molar-refractivity contribution is 14.1. The molecule has 1 heterocycles. The summed E-state index contributed by atoms with van der Waals surface area (Å²) in [6.45, 7) is 0.356. The van der Waals surface area contributed by atoms with E-state index in [4.69, 9.17) is 4.74 Å². The molecule has 24 heavy (non-hydrogen) atoms. The van der Waals surface area contributed by atoms with E-state index in [1.54, 1.807) is 12.0 Å². The minimum absolute atomic E-state index is 0.0672. The van der Waals surface area contributed by atoms with Gasteiger partial charge in [0.15, 0.2) is 0 Å². The minimum atomic E-state index is -0.376. The summed E-state index contributed by atoms with van der Waals surface area (Å²) >= 11 is 2.18. The lowest BCUT2D eigenvalue weighted by atomic mass is 10.1. The van der Waals surface area contributed by atoms with Crippen LogP contribution in [-0.4, -0.2) is 25.5 Å². The van der Waals surface area contributed by atoms with Gasteiger partial charge >= 0.3 is 0 Å². The SMILES string of the molecule is COc1ccccc1N1CC(C(=O)Nc2ccccc2I)CC1=O. The summed E-state index contributed by atoms with van der Waals surface area (Å²) in [7, 11) is 1.57. The van der Waals surface area contributed by atoms with Crippen LogP contribution in [0.4, 0.5) is 11.4 Å². The van der Waals surface area contributed by atoms with Crippen molar-refractivity contribution in [1.82, 2.24) is 0 Å². The van der Waals surface area contributed by atoms with Crippen LogP contribution in [0.15, 0.2) is 48.5 Å². The van der Waals surface area contributed by atoms with Crippen LogP contribution in [0.5, 0.6) is 5.75 Å². The molecule has 1 saturated heterocycles. The van der Waals surface area contributed by atoms with Gasteiger partial charge in [-0.15, -0.1) is 0 Å². The zero-order chi connectivity index (χ0) is 17.1. The minimum Gasteiger partial charge on any atom is -0.495 e. The molecule has 1 aliphatic heterocycles. The topological polar surface area (TPSA) is 58.6 Å². The molecule has 124 valence electrons.